The molecule has 0 atom stereocenters. The molecule has 1 aromatic heterocycles. The highest BCUT2D eigenvalue weighted by atomic mass is 32.2. The average Bonchev–Trinajstić information content (AvgIpc) is 2.38. The number of aromatic nitrogens is 1. The van der Waals surface area contributed by atoms with Crippen LogP contribution in [0.1, 0.15) is 5.56 Å². The van der Waals surface area contributed by atoms with E-state index in [0.717, 1.165) is 0 Å². The fraction of sp³-hybridized carbons (Fsp3) is 0.400. The predicted molar refractivity (Wildman–Crippen MR) is 67.6 cm³/mol. The molecule has 1 aliphatic heterocycles. The molecule has 98 valence electrons. The zero-order valence-electron chi connectivity index (χ0n) is 9.65. The lowest BCUT2D eigenvalue weighted by Gasteiger charge is -2.29. The standard InChI is InChI=1S/C10H14N4O3S/c11-10(13-15)8-1-2-12-7-9(8)14-3-5-18(16,17)6-4-14/h1-2,7,15H,3-6H2,(H2,11,13). The Kier molecular flexibility index (Phi) is 3.37. The van der Waals surface area contributed by atoms with Crippen LogP contribution in [0, 0.1) is 0 Å². The van der Waals surface area contributed by atoms with Crippen molar-refractivity contribution in [1.29, 1.82) is 0 Å². The van der Waals surface area contributed by atoms with Gasteiger partial charge in [-0.25, -0.2) is 8.42 Å². The van der Waals surface area contributed by atoms with Gasteiger partial charge in [-0.3, -0.25) is 4.98 Å². The van der Waals surface area contributed by atoms with E-state index in [2.05, 4.69) is 10.1 Å². The summed E-state index contributed by atoms with van der Waals surface area (Å²) in [5.74, 6) is 0.204. The highest BCUT2D eigenvalue weighted by molar-refractivity contribution is 7.91. The number of hydrogen-bond acceptors (Lipinski definition) is 6. The second kappa shape index (κ2) is 4.81. The number of anilines is 1. The van der Waals surface area contributed by atoms with Crippen LogP contribution in [0.3, 0.4) is 0 Å². The number of rotatable bonds is 2. The largest absolute Gasteiger partial charge is 0.409 e. The molecule has 2 rings (SSSR count). The van der Waals surface area contributed by atoms with Gasteiger partial charge in [0.05, 0.1) is 23.4 Å². The summed E-state index contributed by atoms with van der Waals surface area (Å²) in [5, 5.41) is 11.7. The molecular formula is C10H14N4O3S. The van der Waals surface area contributed by atoms with E-state index in [9.17, 15) is 8.42 Å². The Labute approximate surface area is 105 Å². The van der Waals surface area contributed by atoms with Crippen molar-refractivity contribution in [2.24, 2.45) is 10.9 Å². The van der Waals surface area contributed by atoms with Gasteiger partial charge in [-0.2, -0.15) is 0 Å². The molecule has 0 radical (unpaired) electrons. The Bertz CT molecular complexity index is 556. The van der Waals surface area contributed by atoms with Crippen LogP contribution in [0.5, 0.6) is 0 Å². The summed E-state index contributed by atoms with van der Waals surface area (Å²) >= 11 is 0. The van der Waals surface area contributed by atoms with Crippen LogP contribution in [-0.2, 0) is 9.84 Å². The Balaban J connectivity index is 2.30. The molecule has 0 aliphatic carbocycles. The Morgan fingerprint density at radius 3 is 2.72 bits per heavy atom. The molecule has 1 saturated heterocycles. The molecular weight excluding hydrogens is 256 g/mol. The van der Waals surface area contributed by atoms with E-state index in [1.165, 1.54) is 6.20 Å². The monoisotopic (exact) mass is 270 g/mol. The van der Waals surface area contributed by atoms with Gasteiger partial charge in [-0.05, 0) is 6.07 Å². The maximum Gasteiger partial charge on any atom is 0.172 e. The van der Waals surface area contributed by atoms with Gasteiger partial charge < -0.3 is 15.8 Å². The van der Waals surface area contributed by atoms with Gasteiger partial charge in [0.2, 0.25) is 0 Å². The molecule has 0 aromatic carbocycles. The summed E-state index contributed by atoms with van der Waals surface area (Å²) in [6.45, 7) is 0.777. The topological polar surface area (TPSA) is 109 Å². The number of nitrogens with two attached hydrogens (primary N) is 1. The van der Waals surface area contributed by atoms with E-state index < -0.39 is 9.84 Å². The summed E-state index contributed by atoms with van der Waals surface area (Å²) in [6.07, 6.45) is 3.13. The molecule has 18 heavy (non-hydrogen) atoms. The smallest absolute Gasteiger partial charge is 0.172 e. The van der Waals surface area contributed by atoms with Crippen LogP contribution >= 0.6 is 0 Å². The van der Waals surface area contributed by atoms with E-state index in [4.69, 9.17) is 10.9 Å². The molecule has 1 aliphatic rings. The molecule has 0 unspecified atom stereocenters. The zero-order valence-corrected chi connectivity index (χ0v) is 10.5. The minimum absolute atomic E-state index is 0.0131. The molecule has 0 bridgehead atoms. The Hall–Kier alpha value is -1.83. The first kappa shape index (κ1) is 12.6. The summed E-state index contributed by atoms with van der Waals surface area (Å²) in [7, 11) is -2.94. The molecule has 8 heteroatoms. The van der Waals surface area contributed by atoms with Crippen LogP contribution in [0.2, 0.25) is 0 Å². The summed E-state index contributed by atoms with van der Waals surface area (Å²) in [5.41, 5.74) is 6.81. The molecule has 3 N–H and O–H groups in total. The van der Waals surface area contributed by atoms with Gasteiger partial charge in [0.25, 0.3) is 0 Å². The van der Waals surface area contributed by atoms with Gasteiger partial charge in [0, 0.05) is 24.8 Å². The zero-order chi connectivity index (χ0) is 13.2. The summed E-state index contributed by atoms with van der Waals surface area (Å²) < 4.78 is 22.7. The number of oxime groups is 1. The number of nitrogens with zero attached hydrogens (tertiary/aromatic N) is 3. The lowest BCUT2D eigenvalue weighted by atomic mass is 10.2. The van der Waals surface area contributed by atoms with E-state index >= 15 is 0 Å². The van der Waals surface area contributed by atoms with Crippen molar-refractivity contribution in [2.75, 3.05) is 29.5 Å². The van der Waals surface area contributed by atoms with Crippen LogP contribution in [0.4, 0.5) is 5.69 Å². The third-order valence-corrected chi connectivity index (χ3v) is 4.48. The van der Waals surface area contributed by atoms with Crippen molar-refractivity contribution < 1.29 is 13.6 Å². The SMILES string of the molecule is N/C(=N/O)c1ccncc1N1CCS(=O)(=O)CC1. The number of sulfone groups is 1. The first-order valence-corrected chi connectivity index (χ1v) is 7.23. The quantitative estimate of drug-likeness (QED) is 0.322. The molecule has 0 spiro atoms. The molecule has 7 nitrogen and oxygen atoms in total. The first-order valence-electron chi connectivity index (χ1n) is 5.41. The number of hydrogen-bond donors (Lipinski definition) is 2. The summed E-state index contributed by atoms with van der Waals surface area (Å²) in [6, 6.07) is 1.63. The third-order valence-electron chi connectivity index (χ3n) is 2.87. The van der Waals surface area contributed by atoms with Gasteiger partial charge >= 0.3 is 0 Å². The van der Waals surface area contributed by atoms with Crippen LogP contribution in [0.25, 0.3) is 0 Å². The van der Waals surface area contributed by atoms with Gasteiger partial charge in [0.15, 0.2) is 15.7 Å². The molecule has 1 fully saturated rings. The molecule has 1 aromatic rings. The molecule has 2 heterocycles. The molecule has 0 saturated carbocycles. The van der Waals surface area contributed by atoms with Gasteiger partial charge in [-0.15, -0.1) is 0 Å². The third kappa shape index (κ3) is 2.53. The number of pyridine rings is 1. The lowest BCUT2D eigenvalue weighted by molar-refractivity contribution is 0.318. The van der Waals surface area contributed by atoms with E-state index in [-0.39, 0.29) is 17.3 Å². The second-order valence-corrected chi connectivity index (χ2v) is 6.32. The maximum atomic E-state index is 11.4. The van der Waals surface area contributed by atoms with Crippen molar-refractivity contribution in [1.82, 2.24) is 4.98 Å². The van der Waals surface area contributed by atoms with Crippen molar-refractivity contribution in [3.63, 3.8) is 0 Å². The second-order valence-electron chi connectivity index (χ2n) is 4.02. The molecule has 0 amide bonds. The summed E-state index contributed by atoms with van der Waals surface area (Å²) in [4.78, 5) is 5.87. The van der Waals surface area contributed by atoms with Crippen molar-refractivity contribution in [3.05, 3.63) is 24.0 Å². The van der Waals surface area contributed by atoms with Gasteiger partial charge in [0.1, 0.15) is 0 Å². The average molecular weight is 270 g/mol. The fourth-order valence-corrected chi connectivity index (χ4v) is 3.06. The Morgan fingerprint density at radius 2 is 2.11 bits per heavy atom. The predicted octanol–water partition coefficient (Wildman–Crippen LogP) is -0.589. The van der Waals surface area contributed by atoms with Crippen LogP contribution in [0.15, 0.2) is 23.6 Å². The fourth-order valence-electron chi connectivity index (χ4n) is 1.86. The van der Waals surface area contributed by atoms with Crippen molar-refractivity contribution in [3.8, 4) is 0 Å². The van der Waals surface area contributed by atoms with E-state index in [0.29, 0.717) is 24.3 Å². The van der Waals surface area contributed by atoms with E-state index in [1.807, 2.05) is 4.90 Å². The minimum atomic E-state index is -2.94. The Morgan fingerprint density at radius 1 is 1.44 bits per heavy atom. The lowest BCUT2D eigenvalue weighted by Crippen LogP contribution is -2.41. The first-order chi connectivity index (χ1) is 8.53. The normalized spacial score (nSPS) is 19.8. The van der Waals surface area contributed by atoms with Crippen molar-refractivity contribution >= 4 is 21.4 Å². The van der Waals surface area contributed by atoms with E-state index in [1.54, 1.807) is 12.3 Å². The highest BCUT2D eigenvalue weighted by Gasteiger charge is 2.24. The van der Waals surface area contributed by atoms with Crippen LogP contribution in [-0.4, -0.2) is 49.0 Å². The van der Waals surface area contributed by atoms with Crippen LogP contribution < -0.4 is 10.6 Å². The minimum Gasteiger partial charge on any atom is -0.409 e. The maximum absolute atomic E-state index is 11.4. The van der Waals surface area contributed by atoms with Gasteiger partial charge in [-0.1, -0.05) is 5.16 Å². The highest BCUT2D eigenvalue weighted by Crippen LogP contribution is 2.21. The number of amidine groups is 1. The van der Waals surface area contributed by atoms with Crippen molar-refractivity contribution in [2.45, 2.75) is 0 Å².